The Bertz CT molecular complexity index is 1490. The zero-order chi connectivity index (χ0) is 26.5. The number of amidine groups is 1. The molecular formula is C24H15F6N5O2. The van der Waals surface area contributed by atoms with Crippen LogP contribution in [-0.2, 0) is 12.4 Å². The molecule has 0 saturated heterocycles. The lowest BCUT2D eigenvalue weighted by Gasteiger charge is -2.26. The molecule has 0 aliphatic carbocycles. The van der Waals surface area contributed by atoms with E-state index in [-0.39, 0.29) is 29.4 Å². The van der Waals surface area contributed by atoms with Crippen molar-refractivity contribution in [3.05, 3.63) is 95.5 Å². The summed E-state index contributed by atoms with van der Waals surface area (Å²) in [6, 6.07) is 9.45. The Morgan fingerprint density at radius 1 is 0.973 bits per heavy atom. The van der Waals surface area contributed by atoms with Crippen molar-refractivity contribution in [3.63, 3.8) is 0 Å². The molecule has 0 unspecified atom stereocenters. The summed E-state index contributed by atoms with van der Waals surface area (Å²) in [5.74, 6) is -0.907. The molecule has 0 fully saturated rings. The molecule has 3 aromatic rings. The van der Waals surface area contributed by atoms with Gasteiger partial charge in [-0.15, -0.1) is 0 Å². The average molecular weight is 519 g/mol. The molecule has 5 rings (SSSR count). The molecule has 3 heterocycles. The zero-order valence-electron chi connectivity index (χ0n) is 18.5. The van der Waals surface area contributed by atoms with E-state index in [0.29, 0.717) is 22.4 Å². The van der Waals surface area contributed by atoms with E-state index < -0.39 is 35.1 Å². The third-order valence-electron chi connectivity index (χ3n) is 5.68. The fourth-order valence-electron chi connectivity index (χ4n) is 3.98. The number of nitrogens with zero attached hydrogens (tertiary/aromatic N) is 5. The van der Waals surface area contributed by atoms with E-state index in [1.165, 1.54) is 18.3 Å². The van der Waals surface area contributed by atoms with Gasteiger partial charge in [0.05, 0.1) is 34.7 Å². The Morgan fingerprint density at radius 2 is 1.73 bits per heavy atom. The van der Waals surface area contributed by atoms with Crippen LogP contribution in [0.2, 0.25) is 0 Å². The second-order valence-corrected chi connectivity index (χ2v) is 8.06. The van der Waals surface area contributed by atoms with Gasteiger partial charge in [-0.25, -0.2) is 14.7 Å². The number of benzene rings is 2. The summed E-state index contributed by atoms with van der Waals surface area (Å²) in [7, 11) is 0. The number of allylic oxidation sites excluding steroid dienone is 2. The molecule has 0 radical (unpaired) electrons. The van der Waals surface area contributed by atoms with Crippen molar-refractivity contribution in [2.45, 2.75) is 12.4 Å². The van der Waals surface area contributed by atoms with Crippen LogP contribution in [-0.4, -0.2) is 38.3 Å². The summed E-state index contributed by atoms with van der Waals surface area (Å²) in [6.07, 6.45) is -4.52. The molecule has 0 bridgehead atoms. The number of aliphatic imine (C=N–C) groups is 1. The largest absolute Gasteiger partial charge is 0.435 e. The number of para-hydroxylation sites is 2. The number of hydroxylamine groups is 2. The number of hydrogen-bond acceptors (Lipinski definition) is 5. The highest BCUT2D eigenvalue weighted by atomic mass is 19.4. The van der Waals surface area contributed by atoms with Gasteiger partial charge in [0.25, 0.3) is 5.91 Å². The smallest absolute Gasteiger partial charge is 0.302 e. The van der Waals surface area contributed by atoms with Gasteiger partial charge >= 0.3 is 12.4 Å². The molecule has 0 saturated carbocycles. The zero-order valence-corrected chi connectivity index (χ0v) is 18.5. The highest BCUT2D eigenvalue weighted by Gasteiger charge is 2.39. The lowest BCUT2D eigenvalue weighted by atomic mass is 10.0. The molecule has 0 spiro atoms. The Balaban J connectivity index is 1.59. The number of anilines is 1. The summed E-state index contributed by atoms with van der Waals surface area (Å²) in [5, 5.41) is 14.2. The quantitative estimate of drug-likeness (QED) is 0.438. The third kappa shape index (κ3) is 4.48. The molecule has 1 amide bonds. The van der Waals surface area contributed by atoms with E-state index in [9.17, 15) is 36.3 Å². The van der Waals surface area contributed by atoms with Crippen molar-refractivity contribution >= 4 is 23.1 Å². The Hall–Kier alpha value is -4.39. The molecule has 2 aliphatic heterocycles. The lowest BCUT2D eigenvalue weighted by Crippen LogP contribution is -2.37. The Labute approximate surface area is 204 Å². The van der Waals surface area contributed by atoms with Gasteiger partial charge in [0.1, 0.15) is 0 Å². The van der Waals surface area contributed by atoms with E-state index in [0.717, 1.165) is 28.3 Å². The number of halogens is 6. The molecule has 1 aromatic heterocycles. The normalized spacial score (nSPS) is 15.5. The standard InChI is InChI=1S/C24H15F6N5O2/c25-23(26,27)17-12-15(34-11-9-20(32-34)24(28,29)30)7-8-16(17)22(36)33-13-14-4-3-10-35(37)21(14)31-18-5-1-2-6-19(18)33/h1-12,37H,13H2. The van der Waals surface area contributed by atoms with E-state index in [4.69, 9.17) is 0 Å². The van der Waals surface area contributed by atoms with E-state index in [2.05, 4.69) is 10.1 Å². The number of carbonyl (C=O) groups is 1. The van der Waals surface area contributed by atoms with E-state index in [1.54, 1.807) is 24.3 Å². The number of amides is 1. The first kappa shape index (κ1) is 24.3. The van der Waals surface area contributed by atoms with Gasteiger partial charge in [0.2, 0.25) is 0 Å². The minimum Gasteiger partial charge on any atom is -0.302 e. The first-order valence-corrected chi connectivity index (χ1v) is 10.6. The van der Waals surface area contributed by atoms with Gasteiger partial charge in [0.15, 0.2) is 11.5 Å². The van der Waals surface area contributed by atoms with Crippen LogP contribution in [0.1, 0.15) is 21.6 Å². The predicted molar refractivity (Wildman–Crippen MR) is 120 cm³/mol. The fourth-order valence-corrected chi connectivity index (χ4v) is 3.98. The van der Waals surface area contributed by atoms with Crippen molar-refractivity contribution in [2.75, 3.05) is 11.4 Å². The van der Waals surface area contributed by atoms with E-state index >= 15 is 0 Å². The molecule has 190 valence electrons. The van der Waals surface area contributed by atoms with Gasteiger partial charge in [-0.1, -0.05) is 18.2 Å². The number of hydrogen-bond donors (Lipinski definition) is 1. The van der Waals surface area contributed by atoms with Crippen molar-refractivity contribution in [1.82, 2.24) is 14.8 Å². The first-order valence-electron chi connectivity index (χ1n) is 10.6. The van der Waals surface area contributed by atoms with Crippen molar-refractivity contribution < 1.29 is 36.3 Å². The van der Waals surface area contributed by atoms with Gasteiger partial charge in [-0.3, -0.25) is 10.0 Å². The molecular weight excluding hydrogens is 504 g/mol. The van der Waals surface area contributed by atoms with Gasteiger partial charge in [-0.05, 0) is 42.5 Å². The molecule has 2 aromatic carbocycles. The molecule has 7 nitrogen and oxygen atoms in total. The maximum Gasteiger partial charge on any atom is 0.435 e. The van der Waals surface area contributed by atoms with Crippen LogP contribution in [0.3, 0.4) is 0 Å². The molecule has 0 atom stereocenters. The van der Waals surface area contributed by atoms with Crippen molar-refractivity contribution in [2.24, 2.45) is 4.99 Å². The maximum atomic E-state index is 14.1. The van der Waals surface area contributed by atoms with Crippen LogP contribution >= 0.6 is 0 Å². The number of rotatable bonds is 2. The lowest BCUT2D eigenvalue weighted by molar-refractivity contribution is -0.141. The summed E-state index contributed by atoms with van der Waals surface area (Å²) in [4.78, 5) is 19.1. The Kier molecular flexibility index (Phi) is 5.67. The van der Waals surface area contributed by atoms with E-state index in [1.807, 2.05) is 0 Å². The van der Waals surface area contributed by atoms with Crippen LogP contribution in [0.4, 0.5) is 37.7 Å². The van der Waals surface area contributed by atoms with Crippen LogP contribution in [0.5, 0.6) is 0 Å². The second-order valence-electron chi connectivity index (χ2n) is 8.06. The molecule has 1 N–H and O–H groups in total. The topological polar surface area (TPSA) is 74.0 Å². The highest BCUT2D eigenvalue weighted by Crippen LogP contribution is 2.38. The fraction of sp³-hybridized carbons (Fsp3) is 0.125. The first-order chi connectivity index (χ1) is 17.4. The van der Waals surface area contributed by atoms with Gasteiger partial charge in [-0.2, -0.15) is 31.4 Å². The SMILES string of the molecule is O=C(c1ccc(-n2ccc(C(F)(F)F)n2)cc1C(F)(F)F)N1CC2=CC=CN(O)C2=Nc2ccccc21. The number of carbonyl (C=O) groups excluding carboxylic acids is 1. The second kappa shape index (κ2) is 8.62. The van der Waals surface area contributed by atoms with Gasteiger partial charge in [0, 0.05) is 18.0 Å². The number of alkyl halides is 6. The number of fused-ring (bicyclic) bond motifs is 2. The maximum absolute atomic E-state index is 14.1. The van der Waals surface area contributed by atoms with Crippen LogP contribution < -0.4 is 4.90 Å². The molecule has 13 heteroatoms. The summed E-state index contributed by atoms with van der Waals surface area (Å²) in [6.45, 7) is -0.205. The monoisotopic (exact) mass is 519 g/mol. The summed E-state index contributed by atoms with van der Waals surface area (Å²) < 4.78 is 81.7. The van der Waals surface area contributed by atoms with Crippen molar-refractivity contribution in [3.8, 4) is 5.69 Å². The van der Waals surface area contributed by atoms with Crippen LogP contribution in [0.25, 0.3) is 5.69 Å². The molecule has 37 heavy (non-hydrogen) atoms. The predicted octanol–water partition coefficient (Wildman–Crippen LogP) is 5.75. The minimum atomic E-state index is -5.01. The van der Waals surface area contributed by atoms with Crippen LogP contribution in [0, 0.1) is 0 Å². The third-order valence-corrected chi connectivity index (χ3v) is 5.68. The minimum absolute atomic E-state index is 0.107. The summed E-state index contributed by atoms with van der Waals surface area (Å²) >= 11 is 0. The van der Waals surface area contributed by atoms with Crippen LogP contribution in [0.15, 0.2) is 83.6 Å². The molecule has 2 aliphatic rings. The van der Waals surface area contributed by atoms with Crippen molar-refractivity contribution in [1.29, 1.82) is 0 Å². The number of aromatic nitrogens is 2. The Morgan fingerprint density at radius 3 is 2.43 bits per heavy atom. The highest BCUT2D eigenvalue weighted by molar-refractivity contribution is 6.13. The summed E-state index contributed by atoms with van der Waals surface area (Å²) in [5.41, 5.74) is -2.82. The average Bonchev–Trinajstić information content (AvgIpc) is 3.28. The van der Waals surface area contributed by atoms with Gasteiger partial charge < -0.3 is 4.90 Å².